The quantitative estimate of drug-likeness (QED) is 0.247. The number of alkyl halides is 2. The summed E-state index contributed by atoms with van der Waals surface area (Å²) in [5, 5.41) is 3.33. The molecule has 2 aromatic rings. The first-order chi connectivity index (χ1) is 14.4. The summed E-state index contributed by atoms with van der Waals surface area (Å²) in [6.45, 7) is 3.19. The van der Waals surface area contributed by atoms with Gasteiger partial charge in [0.25, 0.3) is 0 Å². The molecular weight excluding hydrogens is 408 g/mol. The number of rotatable bonds is 10. The van der Waals surface area contributed by atoms with Gasteiger partial charge in [-0.1, -0.05) is 62.8 Å². The van der Waals surface area contributed by atoms with Crippen molar-refractivity contribution in [2.45, 2.75) is 57.3 Å². The lowest BCUT2D eigenvalue weighted by molar-refractivity contribution is 0.0459. The van der Waals surface area contributed by atoms with Crippen molar-refractivity contribution in [3.63, 3.8) is 0 Å². The molecule has 1 aliphatic carbocycles. The Hall–Kier alpha value is -2.34. The molecule has 1 aliphatic rings. The Morgan fingerprint density at radius 2 is 2.07 bits per heavy atom. The molecule has 1 heterocycles. The summed E-state index contributed by atoms with van der Waals surface area (Å²) in [4.78, 5) is 20.7. The summed E-state index contributed by atoms with van der Waals surface area (Å²) >= 11 is 5.95. The van der Waals surface area contributed by atoms with Gasteiger partial charge in [0, 0.05) is 23.3 Å². The fourth-order valence-electron chi connectivity index (χ4n) is 3.84. The number of allylic oxidation sites excluding steroid dienone is 1. The number of Topliss-reactive ketones (excluding diaryl/α,β-unsaturated/α-hetero) is 1. The van der Waals surface area contributed by atoms with E-state index in [0.717, 1.165) is 18.8 Å². The predicted molar refractivity (Wildman–Crippen MR) is 116 cm³/mol. The Morgan fingerprint density at radius 3 is 2.77 bits per heavy atom. The van der Waals surface area contributed by atoms with E-state index < -0.39 is 11.6 Å². The number of nitrogens with one attached hydrogen (secondary N) is 1. The number of hydrogen-bond acceptors (Lipinski definition) is 4. The maximum Gasteiger partial charge on any atom is 0.308 e. The Labute approximate surface area is 180 Å². The smallest absolute Gasteiger partial charge is 0.308 e. The van der Waals surface area contributed by atoms with Crippen LogP contribution in [0, 0.1) is 5.92 Å². The van der Waals surface area contributed by atoms with Crippen molar-refractivity contribution in [2.24, 2.45) is 5.92 Å². The summed E-state index contributed by atoms with van der Waals surface area (Å²) in [5.41, 5.74) is -0.225. The first-order valence-corrected chi connectivity index (χ1v) is 10.7. The molecule has 1 N–H and O–H groups in total. The van der Waals surface area contributed by atoms with E-state index in [2.05, 4.69) is 21.9 Å². The number of anilines is 2. The van der Waals surface area contributed by atoms with Crippen molar-refractivity contribution in [2.75, 3.05) is 5.32 Å². The Morgan fingerprint density at radius 1 is 1.30 bits per heavy atom. The first-order valence-electron chi connectivity index (χ1n) is 10.3. The third-order valence-corrected chi connectivity index (χ3v) is 5.72. The predicted octanol–water partition coefficient (Wildman–Crippen LogP) is 7.08. The number of ketones is 1. The number of unbranched alkanes of at least 4 members (excludes halogenated alkanes) is 1. The Bertz CT molecular complexity index is 898. The third-order valence-electron chi connectivity index (χ3n) is 5.48. The lowest BCUT2D eigenvalue weighted by Crippen LogP contribution is -2.19. The standard InChI is InChI=1S/C23H26ClF2N3O/c1-2-23(25,26)21-19(20(30)13-6-5-10-16-8-3-4-9-16)15-27-22(29-21)28-18-12-7-11-17(24)14-18/h2,7,11-12,14-16H,1,3-6,8-10,13H2,(H,27,28,29). The van der Waals surface area contributed by atoms with E-state index >= 15 is 0 Å². The number of nitrogens with zero attached hydrogens (tertiary/aromatic N) is 2. The molecule has 0 amide bonds. The maximum atomic E-state index is 14.5. The van der Waals surface area contributed by atoms with Gasteiger partial charge >= 0.3 is 5.92 Å². The van der Waals surface area contributed by atoms with E-state index in [-0.39, 0.29) is 23.7 Å². The molecule has 1 aromatic carbocycles. The Balaban J connectivity index is 1.72. The van der Waals surface area contributed by atoms with Gasteiger partial charge < -0.3 is 5.32 Å². The van der Waals surface area contributed by atoms with Crippen LogP contribution in [0.1, 0.15) is 67.4 Å². The van der Waals surface area contributed by atoms with Crippen LogP contribution in [-0.4, -0.2) is 15.8 Å². The molecule has 1 aromatic heterocycles. The highest BCUT2D eigenvalue weighted by Crippen LogP contribution is 2.33. The number of hydrogen-bond donors (Lipinski definition) is 1. The topological polar surface area (TPSA) is 54.9 Å². The van der Waals surface area contributed by atoms with Crippen LogP contribution in [0.3, 0.4) is 0 Å². The highest BCUT2D eigenvalue weighted by atomic mass is 35.5. The van der Waals surface area contributed by atoms with Gasteiger partial charge in [0.1, 0.15) is 5.69 Å². The van der Waals surface area contributed by atoms with E-state index in [9.17, 15) is 13.6 Å². The number of carbonyl (C=O) groups excluding carboxylic acids is 1. The normalized spacial score (nSPS) is 14.6. The maximum absolute atomic E-state index is 14.5. The number of benzene rings is 1. The molecule has 0 radical (unpaired) electrons. The fraction of sp³-hybridized carbons (Fsp3) is 0.435. The van der Waals surface area contributed by atoms with Crippen LogP contribution in [-0.2, 0) is 5.92 Å². The second-order valence-corrected chi connectivity index (χ2v) is 8.17. The molecule has 1 fully saturated rings. The van der Waals surface area contributed by atoms with E-state index in [1.54, 1.807) is 24.3 Å². The van der Waals surface area contributed by atoms with Crippen LogP contribution in [0.4, 0.5) is 20.4 Å². The highest BCUT2D eigenvalue weighted by molar-refractivity contribution is 6.30. The van der Waals surface area contributed by atoms with Crippen molar-refractivity contribution in [1.82, 2.24) is 9.97 Å². The second kappa shape index (κ2) is 10.1. The van der Waals surface area contributed by atoms with Gasteiger partial charge in [-0.15, -0.1) is 0 Å². The van der Waals surface area contributed by atoms with Gasteiger partial charge in [-0.3, -0.25) is 4.79 Å². The monoisotopic (exact) mass is 433 g/mol. The molecule has 0 atom stereocenters. The molecule has 3 rings (SSSR count). The number of carbonyl (C=O) groups is 1. The SMILES string of the molecule is C=CC(F)(F)c1nc(Nc2cccc(Cl)c2)ncc1C(=O)CCCCC1CCCC1. The molecule has 0 spiro atoms. The van der Waals surface area contributed by atoms with E-state index in [0.29, 0.717) is 23.2 Å². The average molecular weight is 434 g/mol. The third kappa shape index (κ3) is 5.85. The van der Waals surface area contributed by atoms with Gasteiger partial charge in [-0.2, -0.15) is 8.78 Å². The minimum Gasteiger partial charge on any atom is -0.324 e. The largest absolute Gasteiger partial charge is 0.324 e. The molecule has 1 saturated carbocycles. The number of halogens is 3. The van der Waals surface area contributed by atoms with Crippen LogP contribution in [0.25, 0.3) is 0 Å². The summed E-state index contributed by atoms with van der Waals surface area (Å²) in [7, 11) is 0. The Kier molecular flexibility index (Phi) is 7.53. The van der Waals surface area contributed by atoms with Gasteiger partial charge in [0.05, 0.1) is 5.56 Å². The van der Waals surface area contributed by atoms with Crippen molar-refractivity contribution >= 4 is 29.0 Å². The van der Waals surface area contributed by atoms with Gasteiger partial charge in [-0.05, 0) is 36.6 Å². The zero-order chi connectivity index (χ0) is 21.6. The molecule has 30 heavy (non-hydrogen) atoms. The molecule has 4 nitrogen and oxygen atoms in total. The average Bonchev–Trinajstić information content (AvgIpc) is 3.24. The molecule has 0 aliphatic heterocycles. The lowest BCUT2D eigenvalue weighted by atomic mass is 9.97. The van der Waals surface area contributed by atoms with E-state index in [1.807, 2.05) is 0 Å². The van der Waals surface area contributed by atoms with Crippen molar-refractivity contribution in [3.05, 3.63) is 59.4 Å². The molecule has 7 heteroatoms. The minimum absolute atomic E-state index is 0.0356. The minimum atomic E-state index is -3.44. The van der Waals surface area contributed by atoms with Crippen LogP contribution in [0.2, 0.25) is 5.02 Å². The second-order valence-electron chi connectivity index (χ2n) is 7.74. The summed E-state index contributed by atoms with van der Waals surface area (Å²) in [6.07, 6.45) is 9.68. The number of aromatic nitrogens is 2. The summed E-state index contributed by atoms with van der Waals surface area (Å²) in [6, 6.07) is 6.75. The summed E-state index contributed by atoms with van der Waals surface area (Å²) in [5.74, 6) is -3.09. The fourth-order valence-corrected chi connectivity index (χ4v) is 4.03. The van der Waals surface area contributed by atoms with Crippen molar-refractivity contribution in [1.29, 1.82) is 0 Å². The van der Waals surface area contributed by atoms with Crippen LogP contribution in [0.15, 0.2) is 43.1 Å². The van der Waals surface area contributed by atoms with Crippen LogP contribution in [0.5, 0.6) is 0 Å². The molecule has 0 bridgehead atoms. The van der Waals surface area contributed by atoms with Gasteiger partial charge in [0.2, 0.25) is 5.95 Å². The van der Waals surface area contributed by atoms with Crippen molar-refractivity contribution in [3.8, 4) is 0 Å². The molecular formula is C23H26ClF2N3O. The van der Waals surface area contributed by atoms with E-state index in [1.165, 1.54) is 31.9 Å². The zero-order valence-corrected chi connectivity index (χ0v) is 17.6. The summed E-state index contributed by atoms with van der Waals surface area (Å²) < 4.78 is 28.9. The van der Waals surface area contributed by atoms with E-state index in [4.69, 9.17) is 11.6 Å². The molecule has 0 saturated heterocycles. The zero-order valence-electron chi connectivity index (χ0n) is 16.8. The van der Waals surface area contributed by atoms with Crippen LogP contribution < -0.4 is 5.32 Å². The van der Waals surface area contributed by atoms with Crippen LogP contribution >= 0.6 is 11.6 Å². The van der Waals surface area contributed by atoms with Crippen molar-refractivity contribution < 1.29 is 13.6 Å². The first kappa shape index (κ1) is 22.3. The van der Waals surface area contributed by atoms with Gasteiger partial charge in [-0.25, -0.2) is 9.97 Å². The van der Waals surface area contributed by atoms with Gasteiger partial charge in [0.15, 0.2) is 5.78 Å². The molecule has 0 unspecified atom stereocenters. The highest BCUT2D eigenvalue weighted by Gasteiger charge is 2.34. The lowest BCUT2D eigenvalue weighted by Gasteiger charge is -2.16. The molecule has 160 valence electrons.